The van der Waals surface area contributed by atoms with Gasteiger partial charge in [-0.3, -0.25) is 4.79 Å². The van der Waals surface area contributed by atoms with Crippen LogP contribution in [-0.4, -0.2) is 5.78 Å². The van der Waals surface area contributed by atoms with Crippen molar-refractivity contribution in [3.05, 3.63) is 21.9 Å². The van der Waals surface area contributed by atoms with Crippen LogP contribution in [0.1, 0.15) is 54.1 Å². The van der Waals surface area contributed by atoms with Gasteiger partial charge in [-0.15, -0.1) is 11.3 Å². The Hall–Kier alpha value is -0.630. The summed E-state index contributed by atoms with van der Waals surface area (Å²) in [6.07, 6.45) is 4.35. The normalized spacial score (nSPS) is 12.7. The second-order valence-corrected chi connectivity index (χ2v) is 5.31. The molecule has 0 aliphatic rings. The van der Waals surface area contributed by atoms with E-state index in [1.54, 1.807) is 11.3 Å². The van der Waals surface area contributed by atoms with E-state index in [2.05, 4.69) is 20.8 Å². The Kier molecular flexibility index (Phi) is 5.03. The van der Waals surface area contributed by atoms with Crippen LogP contribution in [0.15, 0.2) is 12.1 Å². The molecule has 1 unspecified atom stereocenters. The fourth-order valence-corrected chi connectivity index (χ4v) is 2.63. The highest BCUT2D eigenvalue weighted by atomic mass is 32.1. The topological polar surface area (TPSA) is 17.1 Å². The predicted octanol–water partition coefficient (Wildman–Crippen LogP) is 4.46. The number of rotatable bonds is 6. The molecule has 1 atom stereocenters. The van der Waals surface area contributed by atoms with Crippen molar-refractivity contribution in [1.82, 2.24) is 0 Å². The van der Waals surface area contributed by atoms with E-state index in [4.69, 9.17) is 0 Å². The van der Waals surface area contributed by atoms with E-state index in [1.807, 2.05) is 12.1 Å². The highest BCUT2D eigenvalue weighted by Gasteiger charge is 2.18. The SMILES string of the molecule is CCCCC(CC)C(=O)c1ccc(C)s1. The molecule has 0 aromatic carbocycles. The van der Waals surface area contributed by atoms with Crippen LogP contribution in [0.4, 0.5) is 0 Å². The molecule has 84 valence electrons. The molecular formula is C13H20OS. The first kappa shape index (κ1) is 12.4. The van der Waals surface area contributed by atoms with E-state index in [0.29, 0.717) is 5.78 Å². The van der Waals surface area contributed by atoms with Gasteiger partial charge in [0.25, 0.3) is 0 Å². The molecule has 0 saturated heterocycles. The molecular weight excluding hydrogens is 204 g/mol. The summed E-state index contributed by atoms with van der Waals surface area (Å²) in [6, 6.07) is 4.00. The first-order chi connectivity index (χ1) is 7.19. The summed E-state index contributed by atoms with van der Waals surface area (Å²) >= 11 is 1.62. The number of hydrogen-bond acceptors (Lipinski definition) is 2. The van der Waals surface area contributed by atoms with Crippen LogP contribution in [0.2, 0.25) is 0 Å². The van der Waals surface area contributed by atoms with Crippen LogP contribution < -0.4 is 0 Å². The largest absolute Gasteiger partial charge is 0.293 e. The Morgan fingerprint density at radius 2 is 2.13 bits per heavy atom. The lowest BCUT2D eigenvalue weighted by Gasteiger charge is -2.11. The summed E-state index contributed by atoms with van der Waals surface area (Å²) in [5.41, 5.74) is 0. The molecule has 0 bridgehead atoms. The van der Waals surface area contributed by atoms with Crippen LogP contribution in [-0.2, 0) is 0 Å². The van der Waals surface area contributed by atoms with Crippen molar-refractivity contribution >= 4 is 17.1 Å². The highest BCUT2D eigenvalue weighted by Crippen LogP contribution is 2.23. The summed E-state index contributed by atoms with van der Waals surface area (Å²) < 4.78 is 0. The van der Waals surface area contributed by atoms with Crippen LogP contribution in [0.25, 0.3) is 0 Å². The van der Waals surface area contributed by atoms with Gasteiger partial charge in [-0.05, 0) is 31.9 Å². The summed E-state index contributed by atoms with van der Waals surface area (Å²) in [5.74, 6) is 0.590. The monoisotopic (exact) mass is 224 g/mol. The van der Waals surface area contributed by atoms with E-state index in [1.165, 1.54) is 11.3 Å². The molecule has 0 amide bonds. The van der Waals surface area contributed by atoms with Crippen molar-refractivity contribution in [2.24, 2.45) is 5.92 Å². The van der Waals surface area contributed by atoms with E-state index < -0.39 is 0 Å². The Bertz CT molecular complexity index is 314. The summed E-state index contributed by atoms with van der Waals surface area (Å²) in [7, 11) is 0. The van der Waals surface area contributed by atoms with Gasteiger partial charge in [0.2, 0.25) is 0 Å². The van der Waals surface area contributed by atoms with Gasteiger partial charge in [0.05, 0.1) is 4.88 Å². The highest BCUT2D eigenvalue weighted by molar-refractivity contribution is 7.14. The third-order valence-corrected chi connectivity index (χ3v) is 3.77. The van der Waals surface area contributed by atoms with Crippen LogP contribution >= 0.6 is 11.3 Å². The fraction of sp³-hybridized carbons (Fsp3) is 0.615. The molecule has 0 saturated carbocycles. The third-order valence-electron chi connectivity index (χ3n) is 2.75. The molecule has 0 aliphatic heterocycles. The maximum Gasteiger partial charge on any atom is 0.175 e. The van der Waals surface area contributed by atoms with E-state index in [9.17, 15) is 4.79 Å². The molecule has 15 heavy (non-hydrogen) atoms. The maximum atomic E-state index is 12.1. The lowest BCUT2D eigenvalue weighted by molar-refractivity contribution is 0.0912. The molecule has 0 radical (unpaired) electrons. The Morgan fingerprint density at radius 1 is 1.40 bits per heavy atom. The Morgan fingerprint density at radius 3 is 2.60 bits per heavy atom. The minimum absolute atomic E-state index is 0.239. The minimum atomic E-state index is 0.239. The van der Waals surface area contributed by atoms with Crippen LogP contribution in [0, 0.1) is 12.8 Å². The first-order valence-electron chi connectivity index (χ1n) is 5.79. The number of thiophene rings is 1. The number of hydrogen-bond donors (Lipinski definition) is 0. The zero-order chi connectivity index (χ0) is 11.3. The van der Waals surface area contributed by atoms with Crippen molar-refractivity contribution in [3.8, 4) is 0 Å². The second-order valence-electron chi connectivity index (χ2n) is 4.02. The van der Waals surface area contributed by atoms with Crippen molar-refractivity contribution in [1.29, 1.82) is 0 Å². The average Bonchev–Trinajstić information content (AvgIpc) is 2.65. The summed E-state index contributed by atoms with van der Waals surface area (Å²) in [6.45, 7) is 6.33. The molecule has 1 aromatic rings. The summed E-state index contributed by atoms with van der Waals surface area (Å²) in [5, 5.41) is 0. The number of aryl methyl sites for hydroxylation is 1. The fourth-order valence-electron chi connectivity index (χ4n) is 1.74. The van der Waals surface area contributed by atoms with E-state index in [0.717, 1.165) is 24.1 Å². The van der Waals surface area contributed by atoms with Crippen molar-refractivity contribution in [3.63, 3.8) is 0 Å². The molecule has 0 N–H and O–H groups in total. The van der Waals surface area contributed by atoms with Gasteiger partial charge in [-0.25, -0.2) is 0 Å². The first-order valence-corrected chi connectivity index (χ1v) is 6.61. The number of unbranched alkanes of at least 4 members (excludes halogenated alkanes) is 1. The quantitative estimate of drug-likeness (QED) is 0.652. The summed E-state index contributed by atoms with van der Waals surface area (Å²) in [4.78, 5) is 14.3. The smallest absolute Gasteiger partial charge is 0.175 e. The van der Waals surface area contributed by atoms with Crippen molar-refractivity contribution in [2.75, 3.05) is 0 Å². The molecule has 1 heterocycles. The van der Waals surface area contributed by atoms with Gasteiger partial charge in [0.1, 0.15) is 0 Å². The van der Waals surface area contributed by atoms with Gasteiger partial charge < -0.3 is 0 Å². The maximum absolute atomic E-state index is 12.1. The second kappa shape index (κ2) is 6.06. The van der Waals surface area contributed by atoms with Gasteiger partial charge in [0, 0.05) is 10.8 Å². The number of ketones is 1. The van der Waals surface area contributed by atoms with Gasteiger partial charge in [-0.1, -0.05) is 26.7 Å². The van der Waals surface area contributed by atoms with E-state index >= 15 is 0 Å². The van der Waals surface area contributed by atoms with Gasteiger partial charge >= 0.3 is 0 Å². The molecule has 1 nitrogen and oxygen atoms in total. The molecule has 0 aliphatic carbocycles. The van der Waals surface area contributed by atoms with Crippen LogP contribution in [0.5, 0.6) is 0 Å². The van der Waals surface area contributed by atoms with Gasteiger partial charge in [-0.2, -0.15) is 0 Å². The zero-order valence-electron chi connectivity index (χ0n) is 9.88. The zero-order valence-corrected chi connectivity index (χ0v) is 10.7. The third kappa shape index (κ3) is 3.45. The number of Topliss-reactive ketones (excluding diaryl/α,β-unsaturated/α-hetero) is 1. The predicted molar refractivity (Wildman–Crippen MR) is 66.7 cm³/mol. The number of carbonyl (C=O) groups is 1. The lowest BCUT2D eigenvalue weighted by Crippen LogP contribution is -2.12. The van der Waals surface area contributed by atoms with Crippen LogP contribution in [0.3, 0.4) is 0 Å². The van der Waals surface area contributed by atoms with Crippen molar-refractivity contribution < 1.29 is 4.79 Å². The standard InChI is InChI=1S/C13H20OS/c1-4-6-7-11(5-2)13(14)12-9-8-10(3)15-12/h8-9,11H,4-7H2,1-3H3. The average molecular weight is 224 g/mol. The lowest BCUT2D eigenvalue weighted by atomic mass is 9.94. The molecule has 1 rings (SSSR count). The molecule has 0 spiro atoms. The van der Waals surface area contributed by atoms with E-state index in [-0.39, 0.29) is 5.92 Å². The Labute approximate surface area is 96.5 Å². The van der Waals surface area contributed by atoms with Gasteiger partial charge in [0.15, 0.2) is 5.78 Å². The molecule has 1 aromatic heterocycles. The minimum Gasteiger partial charge on any atom is -0.293 e. The Balaban J connectivity index is 2.64. The number of carbonyl (C=O) groups excluding carboxylic acids is 1. The molecule has 2 heteroatoms. The van der Waals surface area contributed by atoms with Crippen molar-refractivity contribution in [2.45, 2.75) is 46.5 Å². The molecule has 0 fully saturated rings.